The minimum Gasteiger partial charge on any atom is -0.370 e. The van der Waals surface area contributed by atoms with Crippen molar-refractivity contribution in [1.29, 1.82) is 0 Å². The van der Waals surface area contributed by atoms with Crippen LogP contribution in [0.4, 0.5) is 0 Å². The largest absolute Gasteiger partial charge is 0.370 e. The van der Waals surface area contributed by atoms with Gasteiger partial charge in [-0.2, -0.15) is 0 Å². The normalized spacial score (nSPS) is 10.6. The highest BCUT2D eigenvalue weighted by Crippen LogP contribution is 2.17. The van der Waals surface area contributed by atoms with Crippen LogP contribution in [0.2, 0.25) is 0 Å². The first kappa shape index (κ1) is 14.2. The summed E-state index contributed by atoms with van der Waals surface area (Å²) in [5, 5.41) is 3.10. The predicted molar refractivity (Wildman–Crippen MR) is 79.6 cm³/mol. The number of nitrogens with one attached hydrogen (secondary N) is 1. The van der Waals surface area contributed by atoms with Crippen LogP contribution in [0.15, 0.2) is 47.1 Å². The van der Waals surface area contributed by atoms with Crippen molar-refractivity contribution >= 4 is 15.9 Å². The first-order chi connectivity index (χ1) is 9.29. The van der Waals surface area contributed by atoms with Crippen LogP contribution >= 0.6 is 15.9 Å². The molecule has 1 N–H and O–H groups in total. The SMILES string of the molecule is CNCc1ccc(COCc2ccccc2Br)nc1. The summed E-state index contributed by atoms with van der Waals surface area (Å²) in [6, 6.07) is 12.1. The van der Waals surface area contributed by atoms with Crippen LogP contribution in [0.3, 0.4) is 0 Å². The van der Waals surface area contributed by atoms with Gasteiger partial charge in [0.05, 0.1) is 18.9 Å². The molecule has 1 heterocycles. The number of hydrogen-bond acceptors (Lipinski definition) is 3. The predicted octanol–water partition coefficient (Wildman–Crippen LogP) is 3.28. The average molecular weight is 321 g/mol. The summed E-state index contributed by atoms with van der Waals surface area (Å²) in [5.41, 5.74) is 3.28. The number of pyridine rings is 1. The molecule has 100 valence electrons. The monoisotopic (exact) mass is 320 g/mol. The van der Waals surface area contributed by atoms with E-state index in [1.807, 2.05) is 43.6 Å². The van der Waals surface area contributed by atoms with Gasteiger partial charge in [0.1, 0.15) is 0 Å². The van der Waals surface area contributed by atoms with E-state index in [0.29, 0.717) is 13.2 Å². The molecule has 0 radical (unpaired) electrons. The lowest BCUT2D eigenvalue weighted by Crippen LogP contribution is -2.06. The summed E-state index contributed by atoms with van der Waals surface area (Å²) in [7, 11) is 1.93. The first-order valence-corrected chi connectivity index (χ1v) is 6.98. The lowest BCUT2D eigenvalue weighted by Gasteiger charge is -2.06. The molecule has 0 saturated heterocycles. The summed E-state index contributed by atoms with van der Waals surface area (Å²) in [6.07, 6.45) is 1.88. The maximum absolute atomic E-state index is 5.68. The summed E-state index contributed by atoms with van der Waals surface area (Å²) in [5.74, 6) is 0. The van der Waals surface area contributed by atoms with E-state index in [2.05, 4.69) is 32.3 Å². The van der Waals surface area contributed by atoms with E-state index < -0.39 is 0 Å². The molecule has 0 fully saturated rings. The van der Waals surface area contributed by atoms with Gasteiger partial charge in [0.2, 0.25) is 0 Å². The molecule has 1 aromatic heterocycles. The summed E-state index contributed by atoms with van der Waals surface area (Å²) >= 11 is 3.51. The maximum atomic E-state index is 5.68. The number of ether oxygens (including phenoxy) is 1. The Balaban J connectivity index is 1.84. The molecule has 4 heteroatoms. The molecule has 0 aliphatic rings. The van der Waals surface area contributed by atoms with E-state index >= 15 is 0 Å². The molecule has 19 heavy (non-hydrogen) atoms. The van der Waals surface area contributed by atoms with E-state index in [-0.39, 0.29) is 0 Å². The van der Waals surface area contributed by atoms with Crippen molar-refractivity contribution in [3.8, 4) is 0 Å². The quantitative estimate of drug-likeness (QED) is 0.887. The average Bonchev–Trinajstić information content (AvgIpc) is 2.43. The van der Waals surface area contributed by atoms with Gasteiger partial charge < -0.3 is 10.1 Å². The van der Waals surface area contributed by atoms with Crippen LogP contribution in [-0.2, 0) is 24.5 Å². The van der Waals surface area contributed by atoms with Crippen molar-refractivity contribution in [2.75, 3.05) is 7.05 Å². The van der Waals surface area contributed by atoms with Gasteiger partial charge in [0, 0.05) is 17.2 Å². The third kappa shape index (κ3) is 4.42. The molecule has 0 atom stereocenters. The Bertz CT molecular complexity index is 514. The summed E-state index contributed by atoms with van der Waals surface area (Å²) < 4.78 is 6.75. The van der Waals surface area contributed by atoms with Crippen LogP contribution in [0, 0.1) is 0 Å². The van der Waals surface area contributed by atoms with Crippen LogP contribution in [0.5, 0.6) is 0 Å². The van der Waals surface area contributed by atoms with Gasteiger partial charge in [0.25, 0.3) is 0 Å². The number of benzene rings is 1. The highest BCUT2D eigenvalue weighted by molar-refractivity contribution is 9.10. The van der Waals surface area contributed by atoms with E-state index in [1.54, 1.807) is 0 Å². The molecule has 0 spiro atoms. The minimum absolute atomic E-state index is 0.529. The molecule has 1 aromatic carbocycles. The number of rotatable bonds is 6. The zero-order valence-corrected chi connectivity index (χ0v) is 12.5. The Hall–Kier alpha value is -1.23. The lowest BCUT2D eigenvalue weighted by atomic mass is 10.2. The molecule has 2 rings (SSSR count). The van der Waals surface area contributed by atoms with Gasteiger partial charge in [-0.25, -0.2) is 0 Å². The van der Waals surface area contributed by atoms with Crippen molar-refractivity contribution in [1.82, 2.24) is 10.3 Å². The van der Waals surface area contributed by atoms with Crippen molar-refractivity contribution in [3.63, 3.8) is 0 Å². The van der Waals surface area contributed by atoms with Gasteiger partial charge >= 0.3 is 0 Å². The van der Waals surface area contributed by atoms with Gasteiger partial charge in [-0.05, 0) is 30.3 Å². The first-order valence-electron chi connectivity index (χ1n) is 6.19. The van der Waals surface area contributed by atoms with Gasteiger partial charge in [-0.15, -0.1) is 0 Å². The molecular weight excluding hydrogens is 304 g/mol. The van der Waals surface area contributed by atoms with Crippen LogP contribution < -0.4 is 5.32 Å². The zero-order chi connectivity index (χ0) is 13.5. The molecular formula is C15H17BrN2O. The van der Waals surface area contributed by atoms with Crippen molar-refractivity contribution < 1.29 is 4.74 Å². The molecule has 3 nitrogen and oxygen atoms in total. The second-order valence-electron chi connectivity index (χ2n) is 4.27. The van der Waals surface area contributed by atoms with Gasteiger partial charge in [0.15, 0.2) is 0 Å². The minimum atomic E-state index is 0.529. The fourth-order valence-electron chi connectivity index (χ4n) is 1.73. The Labute approximate surface area is 122 Å². The second kappa shape index (κ2) is 7.38. The fourth-order valence-corrected chi connectivity index (χ4v) is 2.13. The summed E-state index contributed by atoms with van der Waals surface area (Å²) in [4.78, 5) is 4.37. The van der Waals surface area contributed by atoms with Crippen LogP contribution in [0.1, 0.15) is 16.8 Å². The third-order valence-corrected chi connectivity index (χ3v) is 3.51. The smallest absolute Gasteiger partial charge is 0.0892 e. The number of hydrogen-bond donors (Lipinski definition) is 1. The number of nitrogens with zero attached hydrogens (tertiary/aromatic N) is 1. The van der Waals surface area contributed by atoms with Crippen molar-refractivity contribution in [2.45, 2.75) is 19.8 Å². The highest BCUT2D eigenvalue weighted by atomic mass is 79.9. The zero-order valence-electron chi connectivity index (χ0n) is 10.9. The topological polar surface area (TPSA) is 34.1 Å². The standard InChI is InChI=1S/C15H17BrN2O/c1-17-8-12-6-7-14(18-9-12)11-19-10-13-4-2-3-5-15(13)16/h2-7,9,17H,8,10-11H2,1H3. The van der Waals surface area contributed by atoms with E-state index in [9.17, 15) is 0 Å². The summed E-state index contributed by atoms with van der Waals surface area (Å²) in [6.45, 7) is 1.95. The number of aromatic nitrogens is 1. The van der Waals surface area contributed by atoms with E-state index in [1.165, 1.54) is 5.56 Å². The van der Waals surface area contributed by atoms with Crippen LogP contribution in [-0.4, -0.2) is 12.0 Å². The van der Waals surface area contributed by atoms with E-state index in [4.69, 9.17) is 4.74 Å². The Kier molecular flexibility index (Phi) is 5.51. The Morgan fingerprint density at radius 1 is 1.16 bits per heavy atom. The molecule has 0 aliphatic heterocycles. The lowest BCUT2D eigenvalue weighted by molar-refractivity contribution is 0.104. The molecule has 0 aliphatic carbocycles. The van der Waals surface area contributed by atoms with Crippen molar-refractivity contribution in [3.05, 3.63) is 63.9 Å². The number of halogens is 1. The molecule has 0 unspecified atom stereocenters. The Morgan fingerprint density at radius 2 is 2.00 bits per heavy atom. The Morgan fingerprint density at radius 3 is 2.68 bits per heavy atom. The highest BCUT2D eigenvalue weighted by Gasteiger charge is 2.00. The van der Waals surface area contributed by atoms with Gasteiger partial charge in [-0.3, -0.25) is 4.98 Å². The third-order valence-electron chi connectivity index (χ3n) is 2.73. The second-order valence-corrected chi connectivity index (χ2v) is 5.13. The molecule has 0 amide bonds. The van der Waals surface area contributed by atoms with Crippen molar-refractivity contribution in [2.24, 2.45) is 0 Å². The molecule has 2 aromatic rings. The van der Waals surface area contributed by atoms with Gasteiger partial charge in [-0.1, -0.05) is 40.2 Å². The van der Waals surface area contributed by atoms with E-state index in [0.717, 1.165) is 22.3 Å². The molecule has 0 saturated carbocycles. The fraction of sp³-hybridized carbons (Fsp3) is 0.267. The maximum Gasteiger partial charge on any atom is 0.0892 e. The molecule has 0 bridgehead atoms. The van der Waals surface area contributed by atoms with Crippen LogP contribution in [0.25, 0.3) is 0 Å².